The van der Waals surface area contributed by atoms with Gasteiger partial charge in [0.25, 0.3) is 11.7 Å². The van der Waals surface area contributed by atoms with Crippen LogP contribution in [0.25, 0.3) is 11.1 Å². The van der Waals surface area contributed by atoms with Crippen LogP contribution in [0, 0.1) is 10.1 Å². The number of hydrogen-bond donors (Lipinski definition) is 1. The van der Waals surface area contributed by atoms with E-state index in [1.54, 1.807) is 12.1 Å². The molecule has 6 nitrogen and oxygen atoms in total. The summed E-state index contributed by atoms with van der Waals surface area (Å²) >= 11 is 0. The Hall–Kier alpha value is -2.11. The summed E-state index contributed by atoms with van der Waals surface area (Å²) < 4.78 is 5.38. The van der Waals surface area contributed by atoms with Gasteiger partial charge in [0.1, 0.15) is 0 Å². The molecule has 0 aliphatic rings. The molecule has 0 fully saturated rings. The van der Waals surface area contributed by atoms with Crippen molar-refractivity contribution in [2.75, 3.05) is 11.9 Å². The van der Waals surface area contributed by atoms with E-state index in [1.165, 1.54) is 6.07 Å². The summed E-state index contributed by atoms with van der Waals surface area (Å²) in [6.45, 7) is 2.83. The number of nitrogens with zero attached hydrogens (tertiary/aromatic N) is 2. The van der Waals surface area contributed by atoms with Crippen molar-refractivity contribution in [1.29, 1.82) is 0 Å². The molecule has 1 aromatic carbocycles. The standard InChI is InChI=1S/C11H13N3O3/c1-2-3-7-12-11-13-10-8(14(15)16)5-4-6-9(10)17-11/h4-6H,2-3,7H2,1H3,(H,12,13). The van der Waals surface area contributed by atoms with Gasteiger partial charge in [-0.1, -0.05) is 19.4 Å². The zero-order valence-corrected chi connectivity index (χ0v) is 9.47. The van der Waals surface area contributed by atoms with E-state index in [0.29, 0.717) is 11.6 Å². The predicted octanol–water partition coefficient (Wildman–Crippen LogP) is 2.95. The zero-order valence-electron chi connectivity index (χ0n) is 9.47. The van der Waals surface area contributed by atoms with Gasteiger partial charge in [0.2, 0.25) is 0 Å². The maximum absolute atomic E-state index is 10.8. The lowest BCUT2D eigenvalue weighted by Crippen LogP contribution is -2.00. The zero-order chi connectivity index (χ0) is 12.3. The third-order valence-electron chi connectivity index (χ3n) is 2.40. The molecular formula is C11H13N3O3. The molecule has 0 aliphatic heterocycles. The minimum Gasteiger partial charge on any atom is -0.423 e. The summed E-state index contributed by atoms with van der Waals surface area (Å²) in [7, 11) is 0. The highest BCUT2D eigenvalue weighted by atomic mass is 16.6. The van der Waals surface area contributed by atoms with Crippen LogP contribution in [0.5, 0.6) is 0 Å². The van der Waals surface area contributed by atoms with Crippen molar-refractivity contribution in [2.24, 2.45) is 0 Å². The van der Waals surface area contributed by atoms with Crippen LogP contribution < -0.4 is 5.32 Å². The molecule has 2 aromatic rings. The Labute approximate surface area is 97.8 Å². The monoisotopic (exact) mass is 235 g/mol. The highest BCUT2D eigenvalue weighted by Crippen LogP contribution is 2.27. The van der Waals surface area contributed by atoms with Gasteiger partial charge in [-0.05, 0) is 12.5 Å². The van der Waals surface area contributed by atoms with Gasteiger partial charge in [0.15, 0.2) is 11.1 Å². The number of rotatable bonds is 5. The van der Waals surface area contributed by atoms with Crippen LogP contribution in [0.15, 0.2) is 22.6 Å². The highest BCUT2D eigenvalue weighted by molar-refractivity contribution is 5.83. The van der Waals surface area contributed by atoms with Crippen LogP contribution >= 0.6 is 0 Å². The van der Waals surface area contributed by atoms with Gasteiger partial charge < -0.3 is 9.73 Å². The van der Waals surface area contributed by atoms with Crippen LogP contribution in [0.4, 0.5) is 11.7 Å². The SMILES string of the molecule is CCCCNc1nc2c([N+](=O)[O-])cccc2o1. The van der Waals surface area contributed by atoms with Gasteiger partial charge in [-0.2, -0.15) is 4.98 Å². The maximum atomic E-state index is 10.8. The summed E-state index contributed by atoms with van der Waals surface area (Å²) in [6, 6.07) is 5.01. The first-order chi connectivity index (χ1) is 8.22. The summed E-state index contributed by atoms with van der Waals surface area (Å²) in [6.07, 6.45) is 2.06. The second kappa shape index (κ2) is 4.82. The number of para-hydroxylation sites is 1. The van der Waals surface area contributed by atoms with Gasteiger partial charge in [-0.15, -0.1) is 0 Å². The molecule has 0 spiro atoms. The van der Waals surface area contributed by atoms with Crippen molar-refractivity contribution in [3.8, 4) is 0 Å². The van der Waals surface area contributed by atoms with E-state index in [0.717, 1.165) is 19.4 Å². The maximum Gasteiger partial charge on any atom is 0.298 e. The first-order valence-corrected chi connectivity index (χ1v) is 5.50. The van der Waals surface area contributed by atoms with Gasteiger partial charge in [0, 0.05) is 12.6 Å². The van der Waals surface area contributed by atoms with Crippen LogP contribution in [0.3, 0.4) is 0 Å². The summed E-state index contributed by atoms with van der Waals surface area (Å²) in [5, 5.41) is 13.8. The molecule has 0 amide bonds. The number of hydrogen-bond acceptors (Lipinski definition) is 5. The Balaban J connectivity index is 2.30. The number of nitro groups is 1. The fourth-order valence-corrected chi connectivity index (χ4v) is 1.53. The van der Waals surface area contributed by atoms with E-state index >= 15 is 0 Å². The Bertz CT molecular complexity index is 536. The molecule has 17 heavy (non-hydrogen) atoms. The normalized spacial score (nSPS) is 10.6. The smallest absolute Gasteiger partial charge is 0.298 e. The lowest BCUT2D eigenvalue weighted by atomic mass is 10.3. The minimum absolute atomic E-state index is 0.0326. The average Bonchev–Trinajstić information content (AvgIpc) is 2.71. The van der Waals surface area contributed by atoms with Gasteiger partial charge >= 0.3 is 0 Å². The molecule has 2 rings (SSSR count). The fourth-order valence-electron chi connectivity index (χ4n) is 1.53. The molecule has 0 atom stereocenters. The third kappa shape index (κ3) is 2.35. The van der Waals surface area contributed by atoms with Gasteiger partial charge in [-0.3, -0.25) is 10.1 Å². The highest BCUT2D eigenvalue weighted by Gasteiger charge is 2.16. The summed E-state index contributed by atoms with van der Waals surface area (Å²) in [5.41, 5.74) is 0.685. The topological polar surface area (TPSA) is 81.2 Å². The third-order valence-corrected chi connectivity index (χ3v) is 2.40. The van der Waals surface area contributed by atoms with Crippen molar-refractivity contribution in [3.05, 3.63) is 28.3 Å². The Morgan fingerprint density at radius 2 is 2.35 bits per heavy atom. The Morgan fingerprint density at radius 1 is 1.53 bits per heavy atom. The van der Waals surface area contributed by atoms with E-state index < -0.39 is 4.92 Å². The lowest BCUT2D eigenvalue weighted by molar-refractivity contribution is -0.383. The number of unbranched alkanes of at least 4 members (excludes halogenated alkanes) is 1. The molecule has 0 saturated heterocycles. The van der Waals surface area contributed by atoms with E-state index in [9.17, 15) is 10.1 Å². The number of non-ortho nitro benzene ring substituents is 1. The lowest BCUT2D eigenvalue weighted by Gasteiger charge is -1.97. The molecular weight excluding hydrogens is 222 g/mol. The molecule has 0 radical (unpaired) electrons. The Kier molecular flexibility index (Phi) is 3.22. The molecule has 0 aliphatic carbocycles. The largest absolute Gasteiger partial charge is 0.423 e. The van der Waals surface area contributed by atoms with Crippen molar-refractivity contribution in [2.45, 2.75) is 19.8 Å². The van der Waals surface area contributed by atoms with E-state index in [-0.39, 0.29) is 11.2 Å². The number of fused-ring (bicyclic) bond motifs is 1. The van der Waals surface area contributed by atoms with Crippen molar-refractivity contribution >= 4 is 22.8 Å². The summed E-state index contributed by atoms with van der Waals surface area (Å²) in [5.74, 6) is 0. The predicted molar refractivity (Wildman–Crippen MR) is 64.1 cm³/mol. The number of anilines is 1. The second-order valence-electron chi connectivity index (χ2n) is 3.68. The molecule has 1 heterocycles. The first-order valence-electron chi connectivity index (χ1n) is 5.50. The number of benzene rings is 1. The van der Waals surface area contributed by atoms with Crippen LogP contribution in [-0.2, 0) is 0 Å². The van der Waals surface area contributed by atoms with Gasteiger partial charge in [0.05, 0.1) is 4.92 Å². The second-order valence-corrected chi connectivity index (χ2v) is 3.68. The molecule has 0 bridgehead atoms. The van der Waals surface area contributed by atoms with Crippen LogP contribution in [-0.4, -0.2) is 16.5 Å². The average molecular weight is 235 g/mol. The number of nitrogens with one attached hydrogen (secondary N) is 1. The van der Waals surface area contributed by atoms with Crippen LogP contribution in [0.2, 0.25) is 0 Å². The molecule has 1 aromatic heterocycles. The van der Waals surface area contributed by atoms with E-state index in [4.69, 9.17) is 4.42 Å². The minimum atomic E-state index is -0.458. The number of aromatic nitrogens is 1. The summed E-state index contributed by atoms with van der Waals surface area (Å²) in [4.78, 5) is 14.4. The molecule has 0 saturated carbocycles. The van der Waals surface area contributed by atoms with Crippen molar-refractivity contribution in [3.63, 3.8) is 0 Å². The number of nitro benzene ring substituents is 1. The first kappa shape index (κ1) is 11.4. The fraction of sp³-hybridized carbons (Fsp3) is 0.364. The van der Waals surface area contributed by atoms with E-state index in [1.807, 2.05) is 0 Å². The van der Waals surface area contributed by atoms with Crippen molar-refractivity contribution in [1.82, 2.24) is 4.98 Å². The van der Waals surface area contributed by atoms with E-state index in [2.05, 4.69) is 17.2 Å². The van der Waals surface area contributed by atoms with Crippen molar-refractivity contribution < 1.29 is 9.34 Å². The van der Waals surface area contributed by atoms with Crippen LogP contribution in [0.1, 0.15) is 19.8 Å². The molecule has 0 unspecified atom stereocenters. The molecule has 1 N–H and O–H groups in total. The Morgan fingerprint density at radius 3 is 3.06 bits per heavy atom. The van der Waals surface area contributed by atoms with Gasteiger partial charge in [-0.25, -0.2) is 0 Å². The number of oxazole rings is 1. The quantitative estimate of drug-likeness (QED) is 0.489. The molecule has 90 valence electrons. The molecule has 6 heteroatoms.